The Morgan fingerprint density at radius 3 is 0.845 bits per heavy atom. The summed E-state index contributed by atoms with van der Waals surface area (Å²) in [6.07, 6.45) is 18.2. The van der Waals surface area contributed by atoms with Crippen molar-refractivity contribution < 1.29 is 18.9 Å². The van der Waals surface area contributed by atoms with Crippen LogP contribution in [0.4, 0.5) is 0 Å². The fraction of sp³-hybridized carbons (Fsp3) is 0.333. The van der Waals surface area contributed by atoms with Crippen molar-refractivity contribution in [3.05, 3.63) is 121 Å². The lowest BCUT2D eigenvalue weighted by molar-refractivity contribution is 0.305. The molecule has 0 saturated carbocycles. The molecule has 2 aliphatic rings. The van der Waals surface area contributed by atoms with E-state index in [4.69, 9.17) is 48.9 Å². The topological polar surface area (TPSA) is 146 Å². The van der Waals surface area contributed by atoms with E-state index < -0.39 is 0 Å². The Morgan fingerprint density at radius 2 is 0.524 bits per heavy atom. The van der Waals surface area contributed by atoms with Gasteiger partial charge in [-0.1, -0.05) is 129 Å². The lowest BCUT2D eigenvalue weighted by Gasteiger charge is -2.09. The molecule has 426 valence electrons. The molecule has 2 N–H and O–H groups in total. The molecule has 84 heavy (non-hydrogen) atoms. The number of rotatable bonds is 24. The van der Waals surface area contributed by atoms with Gasteiger partial charge in [-0.25, -0.2) is 29.9 Å². The van der Waals surface area contributed by atoms with E-state index in [0.717, 1.165) is 161 Å². The molecule has 0 spiro atoms. The van der Waals surface area contributed by atoms with Crippen molar-refractivity contribution in [3.8, 4) is 68.5 Å². The number of benzene rings is 8. The van der Waals surface area contributed by atoms with E-state index >= 15 is 0 Å². The monoisotopic (exact) mass is 1110 g/mol. The van der Waals surface area contributed by atoms with Crippen LogP contribution in [-0.2, 0) is 0 Å². The standard InChI is InChI=1S/C72H74N8O4/c1-5-9-13-17-29-81-53-25-21-45-37-57-61(41-49(45)33-53)69-73-65(57)78-70-63-43-51-35-55(83-31-19-15-11-7-3)27-23-47(51)39-59(63)67(75-70)80-72-64-44-52-36-56(84-32-20-16-12-8-4)28-24-48(52)40-60(64)68(76-72)79-71-62-42-50-34-54(82-30-18-14-10-6-2)26-22-46(50)38-58(62)66(74-71)77-69/h21-28,33-44H,5-20,29-32H2,1-4H3,(H2,73,74,75,76,77,78,79,80). The molecule has 5 heterocycles. The molecule has 12 nitrogen and oxygen atoms in total. The van der Waals surface area contributed by atoms with Gasteiger partial charge in [0.2, 0.25) is 0 Å². The lowest BCUT2D eigenvalue weighted by Crippen LogP contribution is -1.97. The van der Waals surface area contributed by atoms with E-state index in [1.807, 2.05) is 0 Å². The van der Waals surface area contributed by atoms with Gasteiger partial charge in [-0.2, -0.15) is 0 Å². The summed E-state index contributed by atoms with van der Waals surface area (Å²) >= 11 is 0. The first-order valence-corrected chi connectivity index (χ1v) is 31.1. The number of fused-ring (bicyclic) bond motifs is 24. The van der Waals surface area contributed by atoms with Crippen LogP contribution >= 0.6 is 0 Å². The molecule has 13 rings (SSSR count). The van der Waals surface area contributed by atoms with Gasteiger partial charge in [0.25, 0.3) is 0 Å². The summed E-state index contributed by atoms with van der Waals surface area (Å²) in [6.45, 7) is 11.6. The Kier molecular flexibility index (Phi) is 16.0. The van der Waals surface area contributed by atoms with E-state index in [1.54, 1.807) is 0 Å². The van der Waals surface area contributed by atoms with Gasteiger partial charge in [-0.3, -0.25) is 0 Å². The molecule has 0 atom stereocenters. The SMILES string of the molecule is CCCCCCOc1ccc2cc3c(cc2c1)-c1nc2nc(nc4[nH]c(nc5[nH]c(nc-3n1)c1cc3cc(OCCCCCC)ccc3cc51)c1cc3cc(OCCCCCC)ccc3cc41)-c1cc3cc(OCCCCCC)ccc3cc1-2. The van der Waals surface area contributed by atoms with Crippen LogP contribution in [0.1, 0.15) is 130 Å². The highest BCUT2D eigenvalue weighted by Gasteiger charge is 2.26. The number of hydrogen-bond donors (Lipinski definition) is 2. The second-order valence-corrected chi connectivity index (χ2v) is 22.9. The summed E-state index contributed by atoms with van der Waals surface area (Å²) in [5.74, 6) is 5.45. The lowest BCUT2D eigenvalue weighted by atomic mass is 10.0. The number of hydrogen-bond acceptors (Lipinski definition) is 10. The second-order valence-electron chi connectivity index (χ2n) is 22.9. The van der Waals surface area contributed by atoms with Crippen molar-refractivity contribution >= 4 is 87.2 Å². The maximum absolute atomic E-state index is 6.34. The Hall–Kier alpha value is -8.64. The highest BCUT2D eigenvalue weighted by Crippen LogP contribution is 2.43. The zero-order chi connectivity index (χ0) is 56.9. The van der Waals surface area contributed by atoms with Gasteiger partial charge in [0.05, 0.1) is 26.4 Å². The highest BCUT2D eigenvalue weighted by molar-refractivity contribution is 6.14. The fourth-order valence-corrected chi connectivity index (χ4v) is 11.9. The summed E-state index contributed by atoms with van der Waals surface area (Å²) in [7, 11) is 0. The Morgan fingerprint density at radius 1 is 0.262 bits per heavy atom. The average Bonchev–Trinajstić information content (AvgIpc) is 3.25. The van der Waals surface area contributed by atoms with Crippen LogP contribution in [0.25, 0.3) is 133 Å². The van der Waals surface area contributed by atoms with Gasteiger partial charge in [-0.05, 0) is 166 Å². The predicted octanol–water partition coefficient (Wildman–Crippen LogP) is 19.3. The molecule has 2 aliphatic heterocycles. The average molecular weight is 1120 g/mol. The minimum Gasteiger partial charge on any atom is -0.494 e. The molecule has 0 saturated heterocycles. The van der Waals surface area contributed by atoms with E-state index in [2.05, 4.69) is 159 Å². The Labute approximate surface area is 490 Å². The first kappa shape index (κ1) is 54.6. The van der Waals surface area contributed by atoms with Gasteiger partial charge in [-0.15, -0.1) is 0 Å². The van der Waals surface area contributed by atoms with Crippen LogP contribution in [0.5, 0.6) is 23.0 Å². The summed E-state index contributed by atoms with van der Waals surface area (Å²) in [5.41, 5.74) is 5.99. The normalized spacial score (nSPS) is 12.0. The molecule has 8 aromatic carbocycles. The third-order valence-corrected chi connectivity index (χ3v) is 16.6. The van der Waals surface area contributed by atoms with Gasteiger partial charge in [0.15, 0.2) is 23.3 Å². The number of ether oxygens (including phenoxy) is 4. The number of aromatic amines is 2. The van der Waals surface area contributed by atoms with Crippen molar-refractivity contribution in [2.45, 2.75) is 130 Å². The first-order chi connectivity index (χ1) is 41.4. The van der Waals surface area contributed by atoms with E-state index in [0.29, 0.717) is 72.3 Å². The summed E-state index contributed by atoms with van der Waals surface area (Å²) in [6, 6.07) is 42.8. The summed E-state index contributed by atoms with van der Waals surface area (Å²) in [4.78, 5) is 40.2. The minimum absolute atomic E-state index is 0.511. The third kappa shape index (κ3) is 11.4. The van der Waals surface area contributed by atoms with Crippen LogP contribution in [0, 0.1) is 0 Å². The van der Waals surface area contributed by atoms with Crippen LogP contribution in [0.2, 0.25) is 0 Å². The Balaban J connectivity index is 1.04. The number of unbranched alkanes of at least 4 members (excludes halogenated alkanes) is 12. The Bertz CT molecular complexity index is 4430. The van der Waals surface area contributed by atoms with Crippen LogP contribution in [-0.4, -0.2) is 66.3 Å². The summed E-state index contributed by atoms with van der Waals surface area (Å²) < 4.78 is 25.3. The number of nitrogens with zero attached hydrogens (tertiary/aromatic N) is 6. The van der Waals surface area contributed by atoms with Crippen LogP contribution in [0.15, 0.2) is 121 Å². The number of aromatic nitrogens is 8. The quantitative estimate of drug-likeness (QED) is 0.0561. The van der Waals surface area contributed by atoms with Gasteiger partial charge >= 0.3 is 0 Å². The van der Waals surface area contributed by atoms with Crippen molar-refractivity contribution in [1.82, 2.24) is 39.9 Å². The van der Waals surface area contributed by atoms with Crippen molar-refractivity contribution in [2.75, 3.05) is 26.4 Å². The molecule has 0 amide bonds. The van der Waals surface area contributed by atoms with Gasteiger partial charge in [0.1, 0.15) is 45.6 Å². The third-order valence-electron chi connectivity index (χ3n) is 16.6. The molecule has 0 radical (unpaired) electrons. The molecule has 0 fully saturated rings. The minimum atomic E-state index is 0.511. The zero-order valence-electron chi connectivity index (χ0n) is 49.0. The molecular weight excluding hydrogens is 1040 g/mol. The second kappa shape index (κ2) is 24.7. The van der Waals surface area contributed by atoms with E-state index in [-0.39, 0.29) is 0 Å². The molecule has 8 bridgehead atoms. The maximum atomic E-state index is 6.34. The maximum Gasteiger partial charge on any atom is 0.164 e. The largest absolute Gasteiger partial charge is 0.494 e. The van der Waals surface area contributed by atoms with E-state index in [9.17, 15) is 0 Å². The molecule has 0 aliphatic carbocycles. The van der Waals surface area contributed by atoms with Gasteiger partial charge in [0, 0.05) is 43.8 Å². The molecule has 12 heteroatoms. The van der Waals surface area contributed by atoms with Crippen molar-refractivity contribution in [3.63, 3.8) is 0 Å². The summed E-state index contributed by atoms with van der Waals surface area (Å²) in [5, 5.41) is 12.0. The molecule has 11 aromatic rings. The van der Waals surface area contributed by atoms with Crippen LogP contribution in [0.3, 0.4) is 0 Å². The molecule has 0 unspecified atom stereocenters. The fourth-order valence-electron chi connectivity index (χ4n) is 11.9. The number of nitrogens with one attached hydrogen (secondary N) is 2. The number of H-pyrrole nitrogens is 2. The van der Waals surface area contributed by atoms with Crippen LogP contribution < -0.4 is 18.9 Å². The van der Waals surface area contributed by atoms with Crippen molar-refractivity contribution in [2.24, 2.45) is 0 Å². The highest BCUT2D eigenvalue weighted by atomic mass is 16.5. The molecule has 3 aromatic heterocycles. The smallest absolute Gasteiger partial charge is 0.164 e. The van der Waals surface area contributed by atoms with Gasteiger partial charge < -0.3 is 28.9 Å². The predicted molar refractivity (Wildman–Crippen MR) is 345 cm³/mol. The first-order valence-electron chi connectivity index (χ1n) is 31.1. The molecular formula is C72H74N8O4. The zero-order valence-corrected chi connectivity index (χ0v) is 49.0. The van der Waals surface area contributed by atoms with E-state index in [1.165, 1.54) is 51.4 Å². The van der Waals surface area contributed by atoms with Crippen molar-refractivity contribution in [1.29, 1.82) is 0 Å².